The largest absolute Gasteiger partial charge is 0.385 e. The molecule has 4 aromatic rings. The van der Waals surface area contributed by atoms with E-state index < -0.39 is 0 Å². The second-order valence-electron chi connectivity index (χ2n) is 6.53. The Labute approximate surface area is 185 Å². The van der Waals surface area contributed by atoms with Crippen LogP contribution in [0.3, 0.4) is 0 Å². The molecule has 0 amide bonds. The van der Waals surface area contributed by atoms with E-state index in [1.54, 1.807) is 17.7 Å². The molecule has 0 aliphatic rings. The molecule has 30 heavy (non-hydrogen) atoms. The Morgan fingerprint density at radius 3 is 2.87 bits per heavy atom. The van der Waals surface area contributed by atoms with Gasteiger partial charge in [-0.05, 0) is 30.7 Å². The topological polar surface area (TPSA) is 83.0 Å². The summed E-state index contributed by atoms with van der Waals surface area (Å²) in [5.74, 6) is 1.41. The lowest BCUT2D eigenvalue weighted by molar-refractivity contribution is 0.189. The van der Waals surface area contributed by atoms with Crippen LogP contribution in [0.2, 0.25) is 0 Å². The molecule has 0 saturated carbocycles. The molecule has 0 saturated heterocycles. The molecule has 0 radical (unpaired) electrons. The third-order valence-corrected chi connectivity index (χ3v) is 5.89. The van der Waals surface area contributed by atoms with E-state index in [0.29, 0.717) is 46.7 Å². The van der Waals surface area contributed by atoms with Crippen molar-refractivity contribution in [2.45, 2.75) is 23.9 Å². The monoisotopic (exact) mass is 486 g/mol. The van der Waals surface area contributed by atoms with Crippen molar-refractivity contribution in [2.24, 2.45) is 0 Å². The highest BCUT2D eigenvalue weighted by Crippen LogP contribution is 2.24. The summed E-state index contributed by atoms with van der Waals surface area (Å²) >= 11 is 4.85. The summed E-state index contributed by atoms with van der Waals surface area (Å²) in [6.07, 6.45) is 0.720. The Morgan fingerprint density at radius 2 is 2.03 bits per heavy atom. The molecule has 0 fully saturated rings. The second kappa shape index (κ2) is 9.55. The minimum Gasteiger partial charge on any atom is -0.385 e. The number of nitrogens with zero attached hydrogens (tertiary/aromatic N) is 4. The number of rotatable bonds is 8. The van der Waals surface area contributed by atoms with Gasteiger partial charge in [-0.25, -0.2) is 4.98 Å². The van der Waals surface area contributed by atoms with Gasteiger partial charge >= 0.3 is 0 Å². The van der Waals surface area contributed by atoms with Gasteiger partial charge in [0.2, 0.25) is 11.7 Å². The third kappa shape index (κ3) is 4.63. The Kier molecular flexibility index (Phi) is 6.61. The van der Waals surface area contributed by atoms with Gasteiger partial charge < -0.3 is 9.26 Å². The molecule has 0 N–H and O–H groups in total. The SMILES string of the molecule is COCCCn1c(SCc2nc(-c3cccc(Br)c3)no2)nc2ccccc2c1=O. The maximum Gasteiger partial charge on any atom is 0.262 e. The van der Waals surface area contributed by atoms with Crippen molar-refractivity contribution < 1.29 is 9.26 Å². The first-order valence-electron chi connectivity index (χ1n) is 9.35. The molecule has 0 aliphatic heterocycles. The molecule has 2 heterocycles. The van der Waals surface area contributed by atoms with Crippen LogP contribution < -0.4 is 5.56 Å². The number of fused-ring (bicyclic) bond motifs is 1. The quantitative estimate of drug-likeness (QED) is 0.205. The average molecular weight is 487 g/mol. The zero-order valence-electron chi connectivity index (χ0n) is 16.2. The van der Waals surface area contributed by atoms with E-state index in [1.807, 2.05) is 42.5 Å². The van der Waals surface area contributed by atoms with Crippen LogP contribution in [0, 0.1) is 0 Å². The number of thioether (sulfide) groups is 1. The van der Waals surface area contributed by atoms with E-state index in [9.17, 15) is 4.79 Å². The molecule has 4 rings (SSSR count). The third-order valence-electron chi connectivity index (χ3n) is 4.43. The van der Waals surface area contributed by atoms with E-state index in [0.717, 1.165) is 16.5 Å². The van der Waals surface area contributed by atoms with Crippen LogP contribution in [-0.2, 0) is 17.0 Å². The Bertz CT molecular complexity index is 1220. The number of halogens is 1. The van der Waals surface area contributed by atoms with Gasteiger partial charge in [-0.15, -0.1) is 0 Å². The number of hydrogen-bond donors (Lipinski definition) is 0. The maximum absolute atomic E-state index is 13.0. The smallest absolute Gasteiger partial charge is 0.262 e. The summed E-state index contributed by atoms with van der Waals surface area (Å²) in [6, 6.07) is 15.1. The molecule has 2 aromatic carbocycles. The Balaban J connectivity index is 1.59. The van der Waals surface area contributed by atoms with Crippen LogP contribution >= 0.6 is 27.7 Å². The van der Waals surface area contributed by atoms with E-state index in [1.165, 1.54) is 11.8 Å². The van der Waals surface area contributed by atoms with Crippen molar-refractivity contribution in [1.82, 2.24) is 19.7 Å². The highest BCUT2D eigenvalue weighted by Gasteiger charge is 2.14. The van der Waals surface area contributed by atoms with Crippen molar-refractivity contribution in [3.8, 4) is 11.4 Å². The predicted molar refractivity (Wildman–Crippen MR) is 119 cm³/mol. The van der Waals surface area contributed by atoms with Crippen LogP contribution in [-0.4, -0.2) is 33.4 Å². The van der Waals surface area contributed by atoms with Crippen LogP contribution in [0.25, 0.3) is 22.3 Å². The van der Waals surface area contributed by atoms with Gasteiger partial charge in [0, 0.05) is 30.3 Å². The highest BCUT2D eigenvalue weighted by atomic mass is 79.9. The molecule has 154 valence electrons. The van der Waals surface area contributed by atoms with Crippen LogP contribution in [0.4, 0.5) is 0 Å². The molecule has 0 bridgehead atoms. The Morgan fingerprint density at radius 1 is 1.17 bits per heavy atom. The summed E-state index contributed by atoms with van der Waals surface area (Å²) in [5.41, 5.74) is 1.48. The van der Waals surface area contributed by atoms with Crippen molar-refractivity contribution in [1.29, 1.82) is 0 Å². The molecule has 2 aromatic heterocycles. The summed E-state index contributed by atoms with van der Waals surface area (Å²) in [7, 11) is 1.65. The highest BCUT2D eigenvalue weighted by molar-refractivity contribution is 9.10. The molecule has 9 heteroatoms. The molecular weight excluding hydrogens is 468 g/mol. The number of ether oxygens (including phenoxy) is 1. The lowest BCUT2D eigenvalue weighted by Gasteiger charge is -2.12. The predicted octanol–water partition coefficient (Wildman–Crippen LogP) is 4.54. The lowest BCUT2D eigenvalue weighted by Crippen LogP contribution is -2.24. The van der Waals surface area contributed by atoms with E-state index >= 15 is 0 Å². The molecule has 0 unspecified atom stereocenters. The number of methoxy groups -OCH3 is 1. The fourth-order valence-electron chi connectivity index (χ4n) is 3.01. The van der Waals surface area contributed by atoms with Gasteiger partial charge in [-0.2, -0.15) is 4.98 Å². The van der Waals surface area contributed by atoms with Crippen molar-refractivity contribution >= 4 is 38.6 Å². The first-order chi connectivity index (χ1) is 14.7. The average Bonchev–Trinajstić information content (AvgIpc) is 3.23. The maximum atomic E-state index is 13.0. The standard InChI is InChI=1S/C21H19BrN4O3S/c1-28-11-5-10-26-20(27)16-8-2-3-9-17(16)23-21(26)30-13-18-24-19(25-29-18)14-6-4-7-15(22)12-14/h2-4,6-9,12H,5,10-11,13H2,1H3. The normalized spacial score (nSPS) is 11.3. The van der Waals surface area contributed by atoms with Gasteiger partial charge in [0.1, 0.15) is 0 Å². The summed E-state index contributed by atoms with van der Waals surface area (Å²) < 4.78 is 13.2. The van der Waals surface area contributed by atoms with Crippen LogP contribution in [0.5, 0.6) is 0 Å². The molecule has 0 spiro atoms. The lowest BCUT2D eigenvalue weighted by atomic mass is 10.2. The van der Waals surface area contributed by atoms with Crippen LogP contribution in [0.15, 0.2) is 67.5 Å². The summed E-state index contributed by atoms with van der Waals surface area (Å²) in [4.78, 5) is 22.2. The zero-order chi connectivity index (χ0) is 20.9. The van der Waals surface area contributed by atoms with E-state index in [4.69, 9.17) is 14.2 Å². The number of benzene rings is 2. The molecule has 0 atom stereocenters. The van der Waals surface area contributed by atoms with E-state index in [-0.39, 0.29) is 5.56 Å². The minimum atomic E-state index is -0.0560. The van der Waals surface area contributed by atoms with Crippen molar-refractivity contribution in [3.05, 3.63) is 69.2 Å². The number of hydrogen-bond acceptors (Lipinski definition) is 7. The van der Waals surface area contributed by atoms with Crippen molar-refractivity contribution in [3.63, 3.8) is 0 Å². The second-order valence-corrected chi connectivity index (χ2v) is 8.38. The van der Waals surface area contributed by atoms with Gasteiger partial charge in [0.05, 0.1) is 16.7 Å². The fraction of sp³-hybridized carbons (Fsp3) is 0.238. The van der Waals surface area contributed by atoms with Crippen LogP contribution in [0.1, 0.15) is 12.3 Å². The molecule has 0 aliphatic carbocycles. The van der Waals surface area contributed by atoms with Gasteiger partial charge in [-0.3, -0.25) is 9.36 Å². The summed E-state index contributed by atoms with van der Waals surface area (Å²) in [6.45, 7) is 1.10. The van der Waals surface area contributed by atoms with Gasteiger partial charge in [-0.1, -0.05) is 57.1 Å². The Hall–Kier alpha value is -2.49. The number of para-hydroxylation sites is 1. The first kappa shape index (κ1) is 20.8. The summed E-state index contributed by atoms with van der Waals surface area (Å²) in [5, 5.41) is 5.29. The minimum absolute atomic E-state index is 0.0560. The van der Waals surface area contributed by atoms with E-state index in [2.05, 4.69) is 26.1 Å². The first-order valence-corrected chi connectivity index (χ1v) is 11.1. The van der Waals surface area contributed by atoms with Gasteiger partial charge in [0.15, 0.2) is 5.16 Å². The number of aromatic nitrogens is 4. The molecule has 7 nitrogen and oxygen atoms in total. The fourth-order valence-corrected chi connectivity index (χ4v) is 4.27. The molecular formula is C21H19BrN4O3S. The van der Waals surface area contributed by atoms with Gasteiger partial charge in [0.25, 0.3) is 5.56 Å². The van der Waals surface area contributed by atoms with Crippen molar-refractivity contribution in [2.75, 3.05) is 13.7 Å². The zero-order valence-corrected chi connectivity index (χ0v) is 18.6.